The molecule has 4 heteroatoms. The Balaban J connectivity index is 2.18. The van der Waals surface area contributed by atoms with Crippen LogP contribution in [0, 0.1) is 5.92 Å². The lowest BCUT2D eigenvalue weighted by atomic mass is 10.3. The molecule has 0 aromatic rings. The first-order valence-corrected chi connectivity index (χ1v) is 5.86. The van der Waals surface area contributed by atoms with Crippen molar-refractivity contribution in [3.8, 4) is 0 Å². The average Bonchev–Trinajstić information content (AvgIpc) is 2.99. The van der Waals surface area contributed by atoms with E-state index in [1.54, 1.807) is 0 Å². The van der Waals surface area contributed by atoms with Crippen LogP contribution in [-0.2, 0) is 4.79 Å². The van der Waals surface area contributed by atoms with Gasteiger partial charge in [0.25, 0.3) is 0 Å². The van der Waals surface area contributed by atoms with Crippen molar-refractivity contribution in [1.82, 2.24) is 10.2 Å². The van der Waals surface area contributed by atoms with Crippen LogP contribution >= 0.6 is 0 Å². The largest absolute Gasteiger partial charge is 0.395 e. The molecule has 0 radical (unpaired) electrons. The van der Waals surface area contributed by atoms with Gasteiger partial charge in [-0.1, -0.05) is 6.92 Å². The maximum atomic E-state index is 11.4. The van der Waals surface area contributed by atoms with Crippen LogP contribution in [0.25, 0.3) is 0 Å². The van der Waals surface area contributed by atoms with Gasteiger partial charge in [0.1, 0.15) is 0 Å². The van der Waals surface area contributed by atoms with Crippen molar-refractivity contribution in [2.24, 2.45) is 5.92 Å². The lowest BCUT2D eigenvalue weighted by molar-refractivity contribution is -0.122. The summed E-state index contributed by atoms with van der Waals surface area (Å²) in [5.41, 5.74) is 0. The molecular formula is C11H22N2O2. The van der Waals surface area contributed by atoms with Crippen molar-refractivity contribution >= 4 is 5.91 Å². The topological polar surface area (TPSA) is 52.6 Å². The van der Waals surface area contributed by atoms with Crippen LogP contribution in [-0.4, -0.2) is 48.7 Å². The van der Waals surface area contributed by atoms with Crippen LogP contribution in [0.5, 0.6) is 0 Å². The highest BCUT2D eigenvalue weighted by Gasteiger charge is 2.24. The summed E-state index contributed by atoms with van der Waals surface area (Å²) in [5, 5.41) is 11.3. The number of aliphatic hydroxyl groups is 1. The molecule has 1 saturated carbocycles. The number of rotatable bonds is 8. The van der Waals surface area contributed by atoms with E-state index in [4.69, 9.17) is 5.11 Å². The summed E-state index contributed by atoms with van der Waals surface area (Å²) in [4.78, 5) is 13.6. The Labute approximate surface area is 91.6 Å². The van der Waals surface area contributed by atoms with Crippen molar-refractivity contribution in [3.05, 3.63) is 0 Å². The maximum absolute atomic E-state index is 11.4. The lowest BCUT2D eigenvalue weighted by Crippen LogP contribution is -2.39. The van der Waals surface area contributed by atoms with Crippen LogP contribution in [0.1, 0.15) is 26.2 Å². The van der Waals surface area contributed by atoms with Gasteiger partial charge in [-0.25, -0.2) is 0 Å². The Morgan fingerprint density at radius 2 is 2.27 bits per heavy atom. The summed E-state index contributed by atoms with van der Waals surface area (Å²) in [5.74, 6) is 0.848. The smallest absolute Gasteiger partial charge is 0.234 e. The number of amides is 1. The Hall–Kier alpha value is -0.610. The van der Waals surface area contributed by atoms with Gasteiger partial charge < -0.3 is 10.4 Å². The van der Waals surface area contributed by atoms with E-state index in [2.05, 4.69) is 17.1 Å². The fraction of sp³-hybridized carbons (Fsp3) is 0.909. The van der Waals surface area contributed by atoms with Gasteiger partial charge in [0.15, 0.2) is 0 Å². The molecule has 1 aliphatic carbocycles. The van der Waals surface area contributed by atoms with E-state index < -0.39 is 0 Å². The first-order valence-electron chi connectivity index (χ1n) is 5.86. The van der Waals surface area contributed by atoms with Gasteiger partial charge in [0, 0.05) is 13.1 Å². The Morgan fingerprint density at radius 3 is 2.80 bits per heavy atom. The van der Waals surface area contributed by atoms with Gasteiger partial charge in [0.2, 0.25) is 5.91 Å². The normalized spacial score (nSPS) is 15.7. The van der Waals surface area contributed by atoms with Crippen LogP contribution in [0.2, 0.25) is 0 Å². The summed E-state index contributed by atoms with van der Waals surface area (Å²) in [6, 6.07) is 0. The molecule has 0 spiro atoms. The van der Waals surface area contributed by atoms with Crippen LogP contribution in [0.3, 0.4) is 0 Å². The summed E-state index contributed by atoms with van der Waals surface area (Å²) >= 11 is 0. The third kappa shape index (κ3) is 5.74. The van der Waals surface area contributed by atoms with Gasteiger partial charge in [0.05, 0.1) is 13.2 Å². The molecule has 0 heterocycles. The number of nitrogens with zero attached hydrogens (tertiary/aromatic N) is 1. The number of nitrogens with one attached hydrogen (secondary N) is 1. The zero-order chi connectivity index (χ0) is 11.1. The second-order valence-corrected chi connectivity index (χ2v) is 4.25. The van der Waals surface area contributed by atoms with Gasteiger partial charge in [-0.2, -0.15) is 0 Å². The second-order valence-electron chi connectivity index (χ2n) is 4.25. The first kappa shape index (κ1) is 12.5. The van der Waals surface area contributed by atoms with Crippen molar-refractivity contribution in [3.63, 3.8) is 0 Å². The minimum Gasteiger partial charge on any atom is -0.395 e. The molecule has 0 aromatic heterocycles. The lowest BCUT2D eigenvalue weighted by Gasteiger charge is -2.20. The Bertz CT molecular complexity index is 193. The number of hydrogen-bond acceptors (Lipinski definition) is 3. The van der Waals surface area contributed by atoms with E-state index in [0.717, 1.165) is 25.4 Å². The van der Waals surface area contributed by atoms with Crippen LogP contribution in [0.4, 0.5) is 0 Å². The van der Waals surface area contributed by atoms with E-state index in [1.165, 1.54) is 12.8 Å². The molecule has 2 N–H and O–H groups in total. The summed E-state index contributed by atoms with van der Waals surface area (Å²) in [6.07, 6.45) is 3.72. The fourth-order valence-corrected chi connectivity index (χ4v) is 1.67. The predicted octanol–water partition coefficient (Wildman–Crippen LogP) is 0.217. The highest BCUT2D eigenvalue weighted by atomic mass is 16.3. The molecule has 15 heavy (non-hydrogen) atoms. The minimum atomic E-state index is 0.0160. The van der Waals surface area contributed by atoms with E-state index in [1.807, 2.05) is 0 Å². The highest BCUT2D eigenvalue weighted by Crippen LogP contribution is 2.29. The zero-order valence-electron chi connectivity index (χ0n) is 9.54. The molecule has 0 unspecified atom stereocenters. The SMILES string of the molecule is CCCN(CC(=O)NCCO)CC1CC1. The molecule has 1 fully saturated rings. The number of carbonyl (C=O) groups excluding carboxylic acids is 1. The third-order valence-electron chi connectivity index (χ3n) is 2.55. The van der Waals surface area contributed by atoms with Crippen LogP contribution in [0.15, 0.2) is 0 Å². The van der Waals surface area contributed by atoms with Crippen molar-refractivity contribution < 1.29 is 9.90 Å². The average molecular weight is 214 g/mol. The molecule has 0 aromatic carbocycles. The van der Waals surface area contributed by atoms with Gasteiger partial charge in [-0.3, -0.25) is 9.69 Å². The molecule has 0 bridgehead atoms. The monoisotopic (exact) mass is 214 g/mol. The molecule has 0 atom stereocenters. The summed E-state index contributed by atoms with van der Waals surface area (Å²) < 4.78 is 0. The van der Waals surface area contributed by atoms with Crippen molar-refractivity contribution in [2.75, 3.05) is 32.8 Å². The second kappa shape index (κ2) is 6.80. The zero-order valence-corrected chi connectivity index (χ0v) is 9.54. The Morgan fingerprint density at radius 1 is 1.53 bits per heavy atom. The van der Waals surface area contributed by atoms with E-state index >= 15 is 0 Å². The summed E-state index contributed by atoms with van der Waals surface area (Å²) in [6.45, 7) is 5.03. The van der Waals surface area contributed by atoms with Gasteiger partial charge in [-0.05, 0) is 31.7 Å². The molecule has 0 aliphatic heterocycles. The molecule has 1 aliphatic rings. The predicted molar refractivity (Wildman–Crippen MR) is 59.6 cm³/mol. The van der Waals surface area contributed by atoms with Gasteiger partial charge in [-0.15, -0.1) is 0 Å². The minimum absolute atomic E-state index is 0.0160. The highest BCUT2D eigenvalue weighted by molar-refractivity contribution is 5.77. The third-order valence-corrected chi connectivity index (χ3v) is 2.55. The number of hydrogen-bond donors (Lipinski definition) is 2. The molecule has 4 nitrogen and oxygen atoms in total. The Kier molecular flexibility index (Phi) is 5.65. The maximum Gasteiger partial charge on any atom is 0.234 e. The molecule has 1 rings (SSSR count). The van der Waals surface area contributed by atoms with Gasteiger partial charge >= 0.3 is 0 Å². The van der Waals surface area contributed by atoms with Crippen molar-refractivity contribution in [1.29, 1.82) is 0 Å². The first-order chi connectivity index (χ1) is 7.26. The molecule has 0 saturated heterocycles. The standard InChI is InChI=1S/C11H22N2O2/c1-2-6-13(8-10-3-4-10)9-11(15)12-5-7-14/h10,14H,2-9H2,1H3,(H,12,15). The molecule has 1 amide bonds. The molecular weight excluding hydrogens is 192 g/mol. The van der Waals surface area contributed by atoms with E-state index in [-0.39, 0.29) is 12.5 Å². The fourth-order valence-electron chi connectivity index (χ4n) is 1.67. The quantitative estimate of drug-likeness (QED) is 0.607. The van der Waals surface area contributed by atoms with E-state index in [0.29, 0.717) is 13.1 Å². The van der Waals surface area contributed by atoms with E-state index in [9.17, 15) is 4.79 Å². The summed E-state index contributed by atoms with van der Waals surface area (Å²) in [7, 11) is 0. The van der Waals surface area contributed by atoms with Crippen LogP contribution < -0.4 is 5.32 Å². The molecule has 88 valence electrons. The number of carbonyl (C=O) groups is 1. The van der Waals surface area contributed by atoms with Crippen molar-refractivity contribution in [2.45, 2.75) is 26.2 Å². The number of aliphatic hydroxyl groups excluding tert-OH is 1.